The Balaban J connectivity index is 2.32. The first-order chi connectivity index (χ1) is 9.65. The van der Waals surface area contributed by atoms with Gasteiger partial charge in [0.25, 0.3) is 0 Å². The molecule has 0 saturated carbocycles. The lowest BCUT2D eigenvalue weighted by molar-refractivity contribution is -0.140. The molecule has 1 atom stereocenters. The van der Waals surface area contributed by atoms with Crippen molar-refractivity contribution in [3.8, 4) is 0 Å². The first-order valence-electron chi connectivity index (χ1n) is 7.86. The SMILES string of the molecule is NCCCCCCC(=O)N1CCCCC1CCC(=O)O. The van der Waals surface area contributed by atoms with Crippen LogP contribution in [0.1, 0.15) is 64.2 Å². The van der Waals surface area contributed by atoms with Crippen molar-refractivity contribution in [2.45, 2.75) is 70.3 Å². The van der Waals surface area contributed by atoms with Gasteiger partial charge in [0.05, 0.1) is 0 Å². The van der Waals surface area contributed by atoms with Crippen LogP contribution in [0.4, 0.5) is 0 Å². The maximum absolute atomic E-state index is 12.2. The minimum Gasteiger partial charge on any atom is -0.481 e. The van der Waals surface area contributed by atoms with E-state index in [1.165, 1.54) is 0 Å². The predicted octanol–water partition coefficient (Wildman–Crippen LogP) is 2.14. The van der Waals surface area contributed by atoms with Gasteiger partial charge < -0.3 is 15.7 Å². The highest BCUT2D eigenvalue weighted by atomic mass is 16.4. The van der Waals surface area contributed by atoms with Crippen LogP contribution in [0.3, 0.4) is 0 Å². The summed E-state index contributed by atoms with van der Waals surface area (Å²) in [6.45, 7) is 1.52. The Morgan fingerprint density at radius 1 is 1.10 bits per heavy atom. The average Bonchev–Trinajstić information content (AvgIpc) is 2.45. The number of carbonyl (C=O) groups is 2. The van der Waals surface area contributed by atoms with Gasteiger partial charge in [0, 0.05) is 25.4 Å². The first-order valence-corrected chi connectivity index (χ1v) is 7.86. The number of carboxylic acids is 1. The molecule has 116 valence electrons. The van der Waals surface area contributed by atoms with Crippen molar-refractivity contribution in [2.24, 2.45) is 5.73 Å². The molecule has 1 heterocycles. The minimum absolute atomic E-state index is 0.136. The summed E-state index contributed by atoms with van der Waals surface area (Å²) in [7, 11) is 0. The zero-order chi connectivity index (χ0) is 14.8. The highest BCUT2D eigenvalue weighted by Crippen LogP contribution is 2.22. The Morgan fingerprint density at radius 3 is 2.55 bits per heavy atom. The fraction of sp³-hybridized carbons (Fsp3) is 0.867. The molecular formula is C15H28N2O3. The first kappa shape index (κ1) is 17.0. The van der Waals surface area contributed by atoms with Gasteiger partial charge in [-0.25, -0.2) is 0 Å². The smallest absolute Gasteiger partial charge is 0.303 e. The molecule has 20 heavy (non-hydrogen) atoms. The van der Waals surface area contributed by atoms with Crippen LogP contribution < -0.4 is 5.73 Å². The van der Waals surface area contributed by atoms with Gasteiger partial charge in [-0.15, -0.1) is 0 Å². The number of carbonyl (C=O) groups excluding carboxylic acids is 1. The maximum atomic E-state index is 12.2. The molecule has 0 aromatic heterocycles. The van der Waals surface area contributed by atoms with Crippen molar-refractivity contribution in [2.75, 3.05) is 13.1 Å². The number of hydrogen-bond donors (Lipinski definition) is 2. The van der Waals surface area contributed by atoms with Crippen molar-refractivity contribution in [3.63, 3.8) is 0 Å². The lowest BCUT2D eigenvalue weighted by atomic mass is 9.97. The summed E-state index contributed by atoms with van der Waals surface area (Å²) in [5.74, 6) is -0.572. The van der Waals surface area contributed by atoms with E-state index in [1.54, 1.807) is 0 Å². The number of rotatable bonds is 9. The molecule has 0 bridgehead atoms. The number of unbranched alkanes of at least 4 members (excludes halogenated alkanes) is 3. The van der Waals surface area contributed by atoms with Crippen molar-refractivity contribution >= 4 is 11.9 Å². The van der Waals surface area contributed by atoms with Crippen molar-refractivity contribution in [1.29, 1.82) is 0 Å². The molecule has 3 N–H and O–H groups in total. The number of piperidine rings is 1. The van der Waals surface area contributed by atoms with E-state index in [2.05, 4.69) is 0 Å². The second kappa shape index (κ2) is 9.75. The van der Waals surface area contributed by atoms with Crippen molar-refractivity contribution < 1.29 is 14.7 Å². The van der Waals surface area contributed by atoms with Gasteiger partial charge in [-0.05, 0) is 45.1 Å². The number of amides is 1. The fourth-order valence-electron chi connectivity index (χ4n) is 2.84. The van der Waals surface area contributed by atoms with Crippen LogP contribution in [0.25, 0.3) is 0 Å². The molecule has 0 aromatic carbocycles. The van der Waals surface area contributed by atoms with E-state index in [0.29, 0.717) is 12.8 Å². The molecular weight excluding hydrogens is 256 g/mol. The van der Waals surface area contributed by atoms with Crippen LogP contribution >= 0.6 is 0 Å². The van der Waals surface area contributed by atoms with Gasteiger partial charge in [-0.1, -0.05) is 12.8 Å². The quantitative estimate of drug-likeness (QED) is 0.635. The zero-order valence-electron chi connectivity index (χ0n) is 12.4. The summed E-state index contributed by atoms with van der Waals surface area (Å²) in [4.78, 5) is 24.8. The predicted molar refractivity (Wildman–Crippen MR) is 78.4 cm³/mol. The van der Waals surface area contributed by atoms with Crippen LogP contribution in [-0.2, 0) is 9.59 Å². The van der Waals surface area contributed by atoms with E-state index in [-0.39, 0.29) is 18.4 Å². The lowest BCUT2D eigenvalue weighted by Crippen LogP contribution is -2.43. The monoisotopic (exact) mass is 284 g/mol. The van der Waals surface area contributed by atoms with Gasteiger partial charge >= 0.3 is 5.97 Å². The van der Waals surface area contributed by atoms with Crippen molar-refractivity contribution in [1.82, 2.24) is 4.90 Å². The third-order valence-corrected chi connectivity index (χ3v) is 3.98. The highest BCUT2D eigenvalue weighted by molar-refractivity contribution is 5.76. The van der Waals surface area contributed by atoms with E-state index in [9.17, 15) is 9.59 Å². The Kier molecular flexibility index (Phi) is 8.26. The number of hydrogen-bond acceptors (Lipinski definition) is 3. The fourth-order valence-corrected chi connectivity index (χ4v) is 2.84. The van der Waals surface area contributed by atoms with E-state index in [0.717, 1.165) is 58.0 Å². The normalized spacial score (nSPS) is 19.1. The van der Waals surface area contributed by atoms with E-state index in [1.807, 2.05) is 4.90 Å². The second-order valence-electron chi connectivity index (χ2n) is 5.62. The van der Waals surface area contributed by atoms with Gasteiger partial charge in [0.1, 0.15) is 0 Å². The van der Waals surface area contributed by atoms with Gasteiger partial charge in [-0.3, -0.25) is 9.59 Å². The molecule has 1 amide bonds. The molecule has 1 aliphatic rings. The summed E-state index contributed by atoms with van der Waals surface area (Å²) in [6, 6.07) is 0.136. The maximum Gasteiger partial charge on any atom is 0.303 e. The van der Waals surface area contributed by atoms with Crippen LogP contribution in [0.2, 0.25) is 0 Å². The second-order valence-corrected chi connectivity index (χ2v) is 5.62. The number of carboxylic acid groups (broad SMARTS) is 1. The Labute approximate surface area is 121 Å². The average molecular weight is 284 g/mol. The van der Waals surface area contributed by atoms with E-state index >= 15 is 0 Å². The minimum atomic E-state index is -0.773. The van der Waals surface area contributed by atoms with Gasteiger partial charge in [-0.2, -0.15) is 0 Å². The molecule has 1 saturated heterocycles. The zero-order valence-corrected chi connectivity index (χ0v) is 12.4. The highest BCUT2D eigenvalue weighted by Gasteiger charge is 2.26. The molecule has 0 spiro atoms. The topological polar surface area (TPSA) is 83.6 Å². The van der Waals surface area contributed by atoms with Crippen LogP contribution in [0, 0.1) is 0 Å². The molecule has 1 aliphatic heterocycles. The van der Waals surface area contributed by atoms with E-state index in [4.69, 9.17) is 10.8 Å². The van der Waals surface area contributed by atoms with Gasteiger partial charge in [0.15, 0.2) is 0 Å². The van der Waals surface area contributed by atoms with Crippen LogP contribution in [0.5, 0.6) is 0 Å². The molecule has 0 aliphatic carbocycles. The molecule has 1 fully saturated rings. The molecule has 1 unspecified atom stereocenters. The molecule has 1 rings (SSSR count). The standard InChI is InChI=1S/C15H28N2O3/c16-11-5-2-1-3-8-14(18)17-12-6-4-7-13(17)9-10-15(19)20/h13H,1-12,16H2,(H,19,20). The lowest BCUT2D eigenvalue weighted by Gasteiger charge is -2.35. The molecule has 5 nitrogen and oxygen atoms in total. The van der Waals surface area contributed by atoms with Crippen LogP contribution in [0.15, 0.2) is 0 Å². The third kappa shape index (κ3) is 6.37. The molecule has 0 radical (unpaired) electrons. The number of nitrogens with zero attached hydrogens (tertiary/aromatic N) is 1. The Morgan fingerprint density at radius 2 is 1.85 bits per heavy atom. The summed E-state index contributed by atoms with van der Waals surface area (Å²) in [6.07, 6.45) is 8.52. The third-order valence-electron chi connectivity index (χ3n) is 3.98. The summed E-state index contributed by atoms with van der Waals surface area (Å²) in [5, 5.41) is 8.78. The summed E-state index contributed by atoms with van der Waals surface area (Å²) in [5.41, 5.74) is 5.44. The molecule has 5 heteroatoms. The summed E-state index contributed by atoms with van der Waals surface area (Å²) >= 11 is 0. The Bertz CT molecular complexity index is 307. The van der Waals surface area contributed by atoms with E-state index < -0.39 is 5.97 Å². The molecule has 0 aromatic rings. The number of nitrogens with two attached hydrogens (primary N) is 1. The van der Waals surface area contributed by atoms with Gasteiger partial charge in [0.2, 0.25) is 5.91 Å². The van der Waals surface area contributed by atoms with Crippen LogP contribution in [-0.4, -0.2) is 41.0 Å². The largest absolute Gasteiger partial charge is 0.481 e. The Hall–Kier alpha value is -1.10. The number of likely N-dealkylation sites (tertiary alicyclic amines) is 1. The van der Waals surface area contributed by atoms with Crippen molar-refractivity contribution in [3.05, 3.63) is 0 Å². The number of aliphatic carboxylic acids is 1. The summed E-state index contributed by atoms with van der Waals surface area (Å²) < 4.78 is 0.